The number of carbonyl (C=O) groups excluding carboxylic acids is 1. The van der Waals surface area contributed by atoms with Gasteiger partial charge in [-0.15, -0.1) is 10.2 Å². The molecule has 2 N–H and O–H groups in total. The second-order valence-electron chi connectivity index (χ2n) is 3.67. The average Bonchev–Trinajstić information content (AvgIpc) is 2.73. The Labute approximate surface area is 110 Å². The van der Waals surface area contributed by atoms with Crippen molar-refractivity contribution in [2.24, 2.45) is 12.8 Å². The maximum atomic E-state index is 11.7. The molecule has 0 saturated carbocycles. The Morgan fingerprint density at radius 2 is 2.33 bits per heavy atom. The van der Waals surface area contributed by atoms with Gasteiger partial charge >= 0.3 is 0 Å². The van der Waals surface area contributed by atoms with Gasteiger partial charge < -0.3 is 15.2 Å². The topological polar surface area (TPSA) is 101 Å². The normalized spacial score (nSPS) is 10.1. The van der Waals surface area contributed by atoms with Gasteiger partial charge in [-0.25, -0.2) is 0 Å². The van der Waals surface area contributed by atoms with E-state index in [9.17, 15) is 4.79 Å². The number of hydrogen-bond acceptors (Lipinski definition) is 6. The molecule has 0 atom stereocenters. The highest BCUT2D eigenvalue weighted by Gasteiger charge is 2.12. The van der Waals surface area contributed by atoms with Crippen LogP contribution in [0.2, 0.25) is 0 Å². The molecule has 0 radical (unpaired) electrons. The minimum atomic E-state index is -0.0347. The van der Waals surface area contributed by atoms with Gasteiger partial charge in [-0.2, -0.15) is 5.26 Å². The first-order chi connectivity index (χ1) is 8.60. The number of amides is 1. The lowest BCUT2D eigenvalue weighted by Crippen LogP contribution is -2.29. The van der Waals surface area contributed by atoms with Crippen LogP contribution >= 0.6 is 11.8 Å². The van der Waals surface area contributed by atoms with E-state index in [-0.39, 0.29) is 11.7 Å². The van der Waals surface area contributed by atoms with Gasteiger partial charge in [0.2, 0.25) is 5.91 Å². The van der Waals surface area contributed by atoms with Crippen LogP contribution < -0.4 is 5.73 Å². The lowest BCUT2D eigenvalue weighted by atomic mass is 10.4. The molecule has 8 heteroatoms. The molecule has 0 fully saturated rings. The van der Waals surface area contributed by atoms with Crippen LogP contribution in [0.4, 0.5) is 0 Å². The van der Waals surface area contributed by atoms with Crippen LogP contribution in [-0.2, 0) is 18.4 Å². The highest BCUT2D eigenvalue weighted by molar-refractivity contribution is 7.99. The molecule has 0 saturated heterocycles. The Morgan fingerprint density at radius 1 is 1.61 bits per heavy atom. The molecule has 0 aliphatic rings. The van der Waals surface area contributed by atoms with E-state index >= 15 is 0 Å². The van der Waals surface area contributed by atoms with Gasteiger partial charge in [0.1, 0.15) is 5.82 Å². The Balaban J connectivity index is 2.47. The molecule has 0 unspecified atom stereocenters. The molecular weight excluding hydrogens is 252 g/mol. The molecule has 98 valence electrons. The van der Waals surface area contributed by atoms with Crippen molar-refractivity contribution in [3.63, 3.8) is 0 Å². The van der Waals surface area contributed by atoms with E-state index in [1.54, 1.807) is 11.6 Å². The van der Waals surface area contributed by atoms with Gasteiger partial charge in [-0.3, -0.25) is 4.79 Å². The summed E-state index contributed by atoms with van der Waals surface area (Å²) in [4.78, 5) is 13.3. The van der Waals surface area contributed by atoms with E-state index in [1.807, 2.05) is 13.1 Å². The zero-order valence-corrected chi connectivity index (χ0v) is 11.3. The summed E-state index contributed by atoms with van der Waals surface area (Å²) in [6.45, 7) is 0.767. The van der Waals surface area contributed by atoms with Gasteiger partial charge in [0.15, 0.2) is 5.16 Å². The van der Waals surface area contributed by atoms with E-state index < -0.39 is 0 Å². The minimum absolute atomic E-state index is 0.0347. The summed E-state index contributed by atoms with van der Waals surface area (Å²) in [7, 11) is 3.50. The molecule has 18 heavy (non-hydrogen) atoms. The number of thioether (sulfide) groups is 1. The highest BCUT2D eigenvalue weighted by atomic mass is 32.2. The van der Waals surface area contributed by atoms with Crippen LogP contribution in [0.5, 0.6) is 0 Å². The van der Waals surface area contributed by atoms with Crippen molar-refractivity contribution in [1.29, 1.82) is 5.26 Å². The van der Waals surface area contributed by atoms with Gasteiger partial charge in [0.25, 0.3) is 0 Å². The van der Waals surface area contributed by atoms with Crippen molar-refractivity contribution < 1.29 is 4.79 Å². The number of nitriles is 1. The third kappa shape index (κ3) is 3.72. The molecule has 0 aromatic carbocycles. The van der Waals surface area contributed by atoms with E-state index in [1.165, 1.54) is 16.7 Å². The van der Waals surface area contributed by atoms with E-state index in [4.69, 9.17) is 11.0 Å². The second kappa shape index (κ2) is 6.98. The number of aromatic nitrogens is 3. The second-order valence-corrected chi connectivity index (χ2v) is 4.62. The summed E-state index contributed by atoms with van der Waals surface area (Å²) in [5.74, 6) is 0.925. The first-order valence-electron chi connectivity index (χ1n) is 5.42. The van der Waals surface area contributed by atoms with E-state index in [2.05, 4.69) is 10.2 Å². The smallest absolute Gasteiger partial charge is 0.232 e. The number of nitrogens with zero attached hydrogens (tertiary/aromatic N) is 5. The van der Waals surface area contributed by atoms with Gasteiger partial charge in [0, 0.05) is 20.6 Å². The minimum Gasteiger partial charge on any atom is -0.344 e. The maximum Gasteiger partial charge on any atom is 0.232 e. The first-order valence-corrected chi connectivity index (χ1v) is 6.40. The lowest BCUT2D eigenvalue weighted by molar-refractivity contribution is -0.127. The third-order valence-electron chi connectivity index (χ3n) is 2.42. The molecular formula is C10H16N6OS. The van der Waals surface area contributed by atoms with Crippen LogP contribution in [0.15, 0.2) is 5.16 Å². The van der Waals surface area contributed by atoms with Crippen molar-refractivity contribution >= 4 is 17.7 Å². The molecule has 0 spiro atoms. The summed E-state index contributed by atoms with van der Waals surface area (Å²) in [5.41, 5.74) is 5.48. The molecule has 1 aromatic rings. The number of carbonyl (C=O) groups is 1. The van der Waals surface area contributed by atoms with Crippen LogP contribution in [0.25, 0.3) is 0 Å². The quantitative estimate of drug-likeness (QED) is 0.713. The van der Waals surface area contributed by atoms with Crippen molar-refractivity contribution in [3.05, 3.63) is 5.82 Å². The van der Waals surface area contributed by atoms with Gasteiger partial charge in [-0.1, -0.05) is 11.8 Å². The van der Waals surface area contributed by atoms with Crippen molar-refractivity contribution in [3.8, 4) is 6.07 Å². The predicted molar refractivity (Wildman–Crippen MR) is 67.5 cm³/mol. The first kappa shape index (κ1) is 14.5. The summed E-state index contributed by atoms with van der Waals surface area (Å²) < 4.78 is 1.77. The van der Waals surface area contributed by atoms with Crippen molar-refractivity contribution in [2.75, 3.05) is 19.3 Å². The summed E-state index contributed by atoms with van der Waals surface area (Å²) in [6.07, 6.45) is 0.341. The standard InChI is InChI=1S/C10H16N6OS/c1-15(5-3-4-11)9(17)7-18-10-14-13-8(6-12)16(10)2/h3,5-7,12H2,1-2H3. The number of nitrogens with two attached hydrogens (primary N) is 1. The Hall–Kier alpha value is -1.59. The van der Waals surface area contributed by atoms with E-state index in [0.29, 0.717) is 30.5 Å². The molecule has 1 amide bonds. The number of rotatable bonds is 6. The molecule has 0 aliphatic carbocycles. The Morgan fingerprint density at radius 3 is 2.89 bits per heavy atom. The molecule has 0 aliphatic heterocycles. The fraction of sp³-hybridized carbons (Fsp3) is 0.600. The van der Waals surface area contributed by atoms with Crippen LogP contribution in [-0.4, -0.2) is 44.9 Å². The SMILES string of the molecule is CN(CCC#N)C(=O)CSc1nnc(CN)n1C. The highest BCUT2D eigenvalue weighted by Crippen LogP contribution is 2.15. The third-order valence-corrected chi connectivity index (χ3v) is 3.42. The lowest BCUT2D eigenvalue weighted by Gasteiger charge is -2.14. The summed E-state index contributed by atoms with van der Waals surface area (Å²) >= 11 is 1.31. The molecule has 1 heterocycles. The molecule has 7 nitrogen and oxygen atoms in total. The van der Waals surface area contributed by atoms with Crippen molar-refractivity contribution in [2.45, 2.75) is 18.1 Å². The van der Waals surface area contributed by atoms with Gasteiger partial charge in [0.05, 0.1) is 24.8 Å². The Bertz CT molecular complexity index is 452. The fourth-order valence-corrected chi connectivity index (χ4v) is 2.10. The zero-order chi connectivity index (χ0) is 13.5. The number of hydrogen-bond donors (Lipinski definition) is 1. The molecule has 0 bridgehead atoms. The fourth-order valence-electron chi connectivity index (χ4n) is 1.23. The van der Waals surface area contributed by atoms with Crippen molar-refractivity contribution in [1.82, 2.24) is 19.7 Å². The average molecular weight is 268 g/mol. The predicted octanol–water partition coefficient (Wildman–Crippen LogP) is -0.262. The Kier molecular flexibility index (Phi) is 5.61. The molecule has 1 aromatic heterocycles. The van der Waals surface area contributed by atoms with Crippen LogP contribution in [0, 0.1) is 11.3 Å². The van der Waals surface area contributed by atoms with Gasteiger partial charge in [-0.05, 0) is 0 Å². The van der Waals surface area contributed by atoms with Crippen LogP contribution in [0.3, 0.4) is 0 Å². The maximum absolute atomic E-state index is 11.7. The summed E-state index contributed by atoms with van der Waals surface area (Å²) in [5, 5.41) is 17.0. The van der Waals surface area contributed by atoms with Crippen LogP contribution in [0.1, 0.15) is 12.2 Å². The largest absolute Gasteiger partial charge is 0.344 e. The van der Waals surface area contributed by atoms with E-state index in [0.717, 1.165) is 0 Å². The molecule has 1 rings (SSSR count). The summed E-state index contributed by atoms with van der Waals surface area (Å²) in [6, 6.07) is 2.01. The zero-order valence-electron chi connectivity index (χ0n) is 10.5. The monoisotopic (exact) mass is 268 g/mol.